The van der Waals surface area contributed by atoms with Crippen molar-refractivity contribution in [3.05, 3.63) is 17.0 Å². The highest BCUT2D eigenvalue weighted by Crippen LogP contribution is 2.34. The van der Waals surface area contributed by atoms with Crippen LogP contribution in [0.15, 0.2) is 0 Å². The molecule has 0 aromatic carbocycles. The highest BCUT2D eigenvalue weighted by Gasteiger charge is 2.33. The summed E-state index contributed by atoms with van der Waals surface area (Å²) in [6.07, 6.45) is 4.43. The van der Waals surface area contributed by atoms with Crippen LogP contribution in [0.25, 0.3) is 0 Å². The Morgan fingerprint density at radius 2 is 2.24 bits per heavy atom. The summed E-state index contributed by atoms with van der Waals surface area (Å²) in [5.74, 6) is 2.28. The van der Waals surface area contributed by atoms with Crippen LogP contribution in [0.4, 0.5) is 4.79 Å². The number of aromatic nitrogens is 2. The molecule has 21 heavy (non-hydrogen) atoms. The number of carbonyl (C=O) groups is 1. The van der Waals surface area contributed by atoms with Crippen molar-refractivity contribution >= 4 is 17.8 Å². The molecule has 2 aliphatic heterocycles. The summed E-state index contributed by atoms with van der Waals surface area (Å²) in [6, 6.07) is 0.619. The number of nitrogens with one attached hydrogen (secondary N) is 2. The van der Waals surface area contributed by atoms with E-state index in [1.165, 1.54) is 17.7 Å². The van der Waals surface area contributed by atoms with Crippen molar-refractivity contribution in [3.8, 4) is 0 Å². The molecular weight excluding hydrogens is 284 g/mol. The van der Waals surface area contributed by atoms with Crippen molar-refractivity contribution in [2.75, 3.05) is 18.1 Å². The van der Waals surface area contributed by atoms with Crippen LogP contribution in [-0.2, 0) is 0 Å². The lowest BCUT2D eigenvalue weighted by Gasteiger charge is -2.29. The van der Waals surface area contributed by atoms with E-state index in [1.54, 1.807) is 0 Å². The predicted octanol–water partition coefficient (Wildman–Crippen LogP) is 2.77. The van der Waals surface area contributed by atoms with Gasteiger partial charge in [-0.05, 0) is 45.3 Å². The largest absolute Gasteiger partial charge is 0.334 e. The monoisotopic (exact) mass is 308 g/mol. The van der Waals surface area contributed by atoms with Crippen LogP contribution in [0.5, 0.6) is 0 Å². The highest BCUT2D eigenvalue weighted by atomic mass is 32.2. The minimum atomic E-state index is 0.102. The van der Waals surface area contributed by atoms with Crippen molar-refractivity contribution in [2.45, 2.75) is 51.6 Å². The van der Waals surface area contributed by atoms with Crippen molar-refractivity contribution in [2.24, 2.45) is 0 Å². The summed E-state index contributed by atoms with van der Waals surface area (Å²) in [6.45, 7) is 4.91. The van der Waals surface area contributed by atoms with E-state index in [-0.39, 0.29) is 12.1 Å². The molecule has 0 radical (unpaired) electrons. The van der Waals surface area contributed by atoms with Crippen LogP contribution in [0.2, 0.25) is 0 Å². The molecule has 0 spiro atoms. The number of carbonyl (C=O) groups excluding carboxylic acids is 1. The van der Waals surface area contributed by atoms with Crippen LogP contribution in [0, 0.1) is 13.8 Å². The quantitative estimate of drug-likeness (QED) is 0.883. The molecule has 3 heterocycles. The fourth-order valence-corrected chi connectivity index (χ4v) is 4.54. The molecule has 2 atom stereocenters. The number of aromatic amines is 1. The van der Waals surface area contributed by atoms with Crippen LogP contribution >= 0.6 is 11.8 Å². The van der Waals surface area contributed by atoms with Gasteiger partial charge in [-0.15, -0.1) is 0 Å². The van der Waals surface area contributed by atoms with Gasteiger partial charge in [0.2, 0.25) is 0 Å². The van der Waals surface area contributed by atoms with Crippen LogP contribution in [-0.4, -0.2) is 45.2 Å². The Hall–Kier alpha value is -1.17. The first-order chi connectivity index (χ1) is 10.2. The van der Waals surface area contributed by atoms with Gasteiger partial charge in [-0.2, -0.15) is 16.9 Å². The molecule has 0 bridgehead atoms. The molecule has 1 aromatic heterocycles. The molecule has 2 amide bonds. The van der Waals surface area contributed by atoms with Crippen LogP contribution in [0.3, 0.4) is 0 Å². The maximum atomic E-state index is 12.6. The van der Waals surface area contributed by atoms with Gasteiger partial charge in [0.15, 0.2) is 0 Å². The standard InChI is InChI=1S/C15H24N4OS/c1-10-14(11(2)18-17-10)13-6-3-7-19(13)15(20)16-12-5-4-8-21-9-12/h12-13H,3-9H2,1-2H3,(H,16,20)(H,17,18). The van der Waals surface area contributed by atoms with Crippen LogP contribution in [0.1, 0.15) is 48.7 Å². The van der Waals surface area contributed by atoms with Crippen LogP contribution < -0.4 is 5.32 Å². The Morgan fingerprint density at radius 1 is 1.38 bits per heavy atom. The molecule has 2 unspecified atom stereocenters. The smallest absolute Gasteiger partial charge is 0.318 e. The third-order valence-electron chi connectivity index (χ3n) is 4.52. The molecule has 0 saturated carbocycles. The summed E-state index contributed by atoms with van der Waals surface area (Å²) >= 11 is 1.94. The highest BCUT2D eigenvalue weighted by molar-refractivity contribution is 7.99. The van der Waals surface area contributed by atoms with Gasteiger partial charge in [-0.1, -0.05) is 0 Å². The normalized spacial score (nSPS) is 26.1. The van der Waals surface area contributed by atoms with E-state index in [0.29, 0.717) is 6.04 Å². The minimum Gasteiger partial charge on any atom is -0.334 e. The summed E-state index contributed by atoms with van der Waals surface area (Å²) in [5, 5.41) is 10.6. The summed E-state index contributed by atoms with van der Waals surface area (Å²) < 4.78 is 0. The summed E-state index contributed by atoms with van der Waals surface area (Å²) in [4.78, 5) is 14.6. The molecule has 2 fully saturated rings. The number of likely N-dealkylation sites (tertiary alicyclic amines) is 1. The zero-order valence-electron chi connectivity index (χ0n) is 12.8. The maximum Gasteiger partial charge on any atom is 0.318 e. The summed E-state index contributed by atoms with van der Waals surface area (Å²) in [5.41, 5.74) is 3.32. The van der Waals surface area contributed by atoms with E-state index in [2.05, 4.69) is 15.5 Å². The Balaban J connectivity index is 1.70. The van der Waals surface area contributed by atoms with E-state index in [4.69, 9.17) is 0 Å². The fourth-order valence-electron chi connectivity index (χ4n) is 3.47. The molecule has 1 aromatic rings. The minimum absolute atomic E-state index is 0.102. The van der Waals surface area contributed by atoms with Gasteiger partial charge < -0.3 is 10.2 Å². The van der Waals surface area contributed by atoms with Gasteiger partial charge in [0.05, 0.1) is 11.7 Å². The average molecular weight is 308 g/mol. The zero-order valence-corrected chi connectivity index (χ0v) is 13.6. The molecular formula is C15H24N4OS. The van der Waals surface area contributed by atoms with Gasteiger partial charge >= 0.3 is 6.03 Å². The molecule has 2 N–H and O–H groups in total. The Kier molecular flexibility index (Phi) is 4.42. The first kappa shape index (κ1) is 14.8. The molecule has 116 valence electrons. The van der Waals surface area contributed by atoms with Gasteiger partial charge in [0.25, 0.3) is 0 Å². The second-order valence-corrected chi connectivity index (χ2v) is 7.21. The number of nitrogens with zero attached hydrogens (tertiary/aromatic N) is 2. The fraction of sp³-hybridized carbons (Fsp3) is 0.733. The lowest BCUT2D eigenvalue weighted by molar-refractivity contribution is 0.189. The van der Waals surface area contributed by atoms with Crippen molar-refractivity contribution in [3.63, 3.8) is 0 Å². The van der Waals surface area contributed by atoms with E-state index < -0.39 is 0 Å². The number of H-pyrrole nitrogens is 1. The number of aryl methyl sites for hydroxylation is 2. The number of urea groups is 1. The second kappa shape index (κ2) is 6.30. The first-order valence-electron chi connectivity index (χ1n) is 7.83. The third kappa shape index (κ3) is 3.05. The number of hydrogen-bond donors (Lipinski definition) is 2. The summed E-state index contributed by atoms with van der Waals surface area (Å²) in [7, 11) is 0. The Bertz CT molecular complexity index is 490. The topological polar surface area (TPSA) is 61.0 Å². The lowest BCUT2D eigenvalue weighted by Crippen LogP contribution is -2.46. The van der Waals surface area contributed by atoms with E-state index in [0.717, 1.165) is 42.9 Å². The van der Waals surface area contributed by atoms with Gasteiger partial charge in [-0.25, -0.2) is 4.79 Å². The van der Waals surface area contributed by atoms with E-state index in [1.807, 2.05) is 30.5 Å². The maximum absolute atomic E-state index is 12.6. The number of rotatable bonds is 2. The SMILES string of the molecule is Cc1n[nH]c(C)c1C1CCCN1C(=O)NC1CCCSC1. The van der Waals surface area contributed by atoms with E-state index in [9.17, 15) is 4.79 Å². The second-order valence-electron chi connectivity index (χ2n) is 6.06. The Labute approximate surface area is 130 Å². The number of amides is 2. The molecule has 2 saturated heterocycles. The molecule has 3 rings (SSSR count). The van der Waals surface area contributed by atoms with Crippen molar-refractivity contribution in [1.29, 1.82) is 0 Å². The first-order valence-corrected chi connectivity index (χ1v) is 8.98. The third-order valence-corrected chi connectivity index (χ3v) is 5.74. The molecule has 5 nitrogen and oxygen atoms in total. The molecule has 6 heteroatoms. The van der Waals surface area contributed by atoms with Gasteiger partial charge in [0.1, 0.15) is 0 Å². The average Bonchev–Trinajstić information content (AvgIpc) is 3.07. The van der Waals surface area contributed by atoms with Crippen molar-refractivity contribution < 1.29 is 4.79 Å². The van der Waals surface area contributed by atoms with Gasteiger partial charge in [-0.3, -0.25) is 5.10 Å². The van der Waals surface area contributed by atoms with Gasteiger partial charge in [0, 0.05) is 29.6 Å². The molecule has 2 aliphatic rings. The zero-order chi connectivity index (χ0) is 14.8. The predicted molar refractivity (Wildman–Crippen MR) is 85.6 cm³/mol. The Morgan fingerprint density at radius 3 is 2.90 bits per heavy atom. The number of thioether (sulfide) groups is 1. The molecule has 0 aliphatic carbocycles. The van der Waals surface area contributed by atoms with Crippen molar-refractivity contribution in [1.82, 2.24) is 20.4 Å². The lowest BCUT2D eigenvalue weighted by atomic mass is 10.0. The number of hydrogen-bond acceptors (Lipinski definition) is 3. The van der Waals surface area contributed by atoms with E-state index >= 15 is 0 Å².